The molecule has 1 aromatic carbocycles. The van der Waals surface area contributed by atoms with Gasteiger partial charge in [0, 0.05) is 12.6 Å². The molecular weight excluding hydrogens is 395 g/mol. The molecule has 2 aliphatic carbocycles. The first-order valence-corrected chi connectivity index (χ1v) is 9.22. The number of para-hydroxylation sites is 1. The highest BCUT2D eigenvalue weighted by molar-refractivity contribution is 5.95. The van der Waals surface area contributed by atoms with Gasteiger partial charge in [0.1, 0.15) is 0 Å². The number of alkyl halides is 3. The third kappa shape index (κ3) is 4.43. The first-order valence-electron chi connectivity index (χ1n) is 9.22. The van der Waals surface area contributed by atoms with Gasteiger partial charge in [0.05, 0.1) is 23.7 Å². The van der Waals surface area contributed by atoms with E-state index in [1.54, 1.807) is 6.92 Å². The standard InChI is InChI=1S/C19H24F3N3O2.ClH/c1-2-25(18(27)16-11-7-8-12(9-11)17(16)23)10-15(26)24-14-6-4-3-5-13(14)19(20,21)22;/h3-6,11-12,16-17H,2,7-10,23H2,1H3,(H,24,26);1H. The zero-order valence-corrected chi connectivity index (χ0v) is 16.4. The van der Waals surface area contributed by atoms with Gasteiger partial charge in [-0.25, -0.2) is 0 Å². The van der Waals surface area contributed by atoms with Crippen LogP contribution in [-0.4, -0.2) is 35.8 Å². The molecule has 28 heavy (non-hydrogen) atoms. The van der Waals surface area contributed by atoms with Crippen LogP contribution in [0.1, 0.15) is 31.7 Å². The molecule has 2 aliphatic rings. The third-order valence-corrected chi connectivity index (χ3v) is 5.80. The summed E-state index contributed by atoms with van der Waals surface area (Å²) in [7, 11) is 0. The molecule has 2 amide bonds. The lowest BCUT2D eigenvalue weighted by Gasteiger charge is -2.32. The Balaban J connectivity index is 0.00000280. The molecule has 2 saturated carbocycles. The van der Waals surface area contributed by atoms with E-state index in [1.165, 1.54) is 23.1 Å². The van der Waals surface area contributed by atoms with Crippen molar-refractivity contribution in [1.82, 2.24) is 4.90 Å². The smallest absolute Gasteiger partial charge is 0.333 e. The van der Waals surface area contributed by atoms with Crippen LogP contribution in [-0.2, 0) is 15.8 Å². The predicted molar refractivity (Wildman–Crippen MR) is 102 cm³/mol. The van der Waals surface area contributed by atoms with E-state index < -0.39 is 17.6 Å². The van der Waals surface area contributed by atoms with Crippen molar-refractivity contribution in [3.63, 3.8) is 0 Å². The van der Waals surface area contributed by atoms with Crippen LogP contribution in [0.3, 0.4) is 0 Å². The molecule has 0 spiro atoms. The van der Waals surface area contributed by atoms with Crippen molar-refractivity contribution in [1.29, 1.82) is 0 Å². The van der Waals surface area contributed by atoms with Crippen molar-refractivity contribution in [3.8, 4) is 0 Å². The number of carbonyl (C=O) groups excluding carboxylic acids is 2. The van der Waals surface area contributed by atoms with Crippen molar-refractivity contribution in [2.75, 3.05) is 18.4 Å². The van der Waals surface area contributed by atoms with Gasteiger partial charge in [-0.3, -0.25) is 9.59 Å². The Labute approximate surface area is 168 Å². The number of anilines is 1. The number of benzene rings is 1. The number of hydrogen-bond donors (Lipinski definition) is 2. The second kappa shape index (κ2) is 8.69. The first-order chi connectivity index (χ1) is 12.7. The van der Waals surface area contributed by atoms with Gasteiger partial charge in [-0.15, -0.1) is 12.4 Å². The highest BCUT2D eigenvalue weighted by Gasteiger charge is 2.50. The fourth-order valence-electron chi connectivity index (χ4n) is 4.46. The lowest BCUT2D eigenvalue weighted by Crippen LogP contribution is -2.49. The van der Waals surface area contributed by atoms with Crippen molar-refractivity contribution >= 4 is 29.9 Å². The molecule has 3 N–H and O–H groups in total. The number of rotatable bonds is 5. The van der Waals surface area contributed by atoms with Crippen LogP contribution >= 0.6 is 12.4 Å². The minimum atomic E-state index is -4.57. The Hall–Kier alpha value is -1.80. The van der Waals surface area contributed by atoms with Gasteiger partial charge in [0.15, 0.2) is 0 Å². The third-order valence-electron chi connectivity index (χ3n) is 5.80. The second-order valence-electron chi connectivity index (χ2n) is 7.38. The van der Waals surface area contributed by atoms with Gasteiger partial charge in [0.2, 0.25) is 11.8 Å². The minimum Gasteiger partial charge on any atom is -0.333 e. The molecule has 2 bridgehead atoms. The predicted octanol–water partition coefficient (Wildman–Crippen LogP) is 3.29. The van der Waals surface area contributed by atoms with Crippen LogP contribution < -0.4 is 11.1 Å². The van der Waals surface area contributed by atoms with Crippen molar-refractivity contribution in [2.24, 2.45) is 23.5 Å². The van der Waals surface area contributed by atoms with Gasteiger partial charge in [-0.05, 0) is 50.2 Å². The van der Waals surface area contributed by atoms with Gasteiger partial charge >= 0.3 is 6.18 Å². The van der Waals surface area contributed by atoms with Gasteiger partial charge in [-0.1, -0.05) is 12.1 Å². The van der Waals surface area contributed by atoms with Gasteiger partial charge in [-0.2, -0.15) is 13.2 Å². The zero-order chi connectivity index (χ0) is 19.8. The number of amides is 2. The van der Waals surface area contributed by atoms with E-state index in [0.717, 1.165) is 25.3 Å². The molecule has 0 radical (unpaired) electrons. The monoisotopic (exact) mass is 419 g/mol. The summed E-state index contributed by atoms with van der Waals surface area (Å²) in [4.78, 5) is 26.6. The Morgan fingerprint density at radius 1 is 1.21 bits per heavy atom. The molecule has 0 aromatic heterocycles. The number of likely N-dealkylation sites (N-methyl/N-ethyl adjacent to an activating group) is 1. The van der Waals surface area contributed by atoms with E-state index in [0.29, 0.717) is 12.5 Å². The van der Waals surface area contributed by atoms with Gasteiger partial charge in [0.25, 0.3) is 0 Å². The molecule has 4 unspecified atom stereocenters. The molecule has 4 atom stereocenters. The highest BCUT2D eigenvalue weighted by Crippen LogP contribution is 2.48. The molecule has 2 fully saturated rings. The highest BCUT2D eigenvalue weighted by atomic mass is 35.5. The quantitative estimate of drug-likeness (QED) is 0.769. The van der Waals surface area contributed by atoms with Crippen LogP contribution in [0.25, 0.3) is 0 Å². The Morgan fingerprint density at radius 3 is 2.43 bits per heavy atom. The van der Waals surface area contributed by atoms with Gasteiger partial charge < -0.3 is 16.0 Å². The molecule has 0 heterocycles. The van der Waals surface area contributed by atoms with E-state index in [1.807, 2.05) is 0 Å². The van der Waals surface area contributed by atoms with Crippen molar-refractivity contribution in [3.05, 3.63) is 29.8 Å². The van der Waals surface area contributed by atoms with E-state index >= 15 is 0 Å². The number of halogens is 4. The number of hydrogen-bond acceptors (Lipinski definition) is 3. The fraction of sp³-hybridized carbons (Fsp3) is 0.579. The van der Waals surface area contributed by atoms with E-state index in [2.05, 4.69) is 5.32 Å². The Morgan fingerprint density at radius 2 is 1.86 bits per heavy atom. The SMILES string of the molecule is CCN(CC(=O)Nc1ccccc1C(F)(F)F)C(=O)C1C2CCC(C2)C1N.Cl. The van der Waals surface area contributed by atoms with Crippen molar-refractivity contribution in [2.45, 2.75) is 38.4 Å². The summed E-state index contributed by atoms with van der Waals surface area (Å²) < 4.78 is 39.2. The largest absolute Gasteiger partial charge is 0.418 e. The maximum absolute atomic E-state index is 13.1. The molecule has 9 heteroatoms. The topological polar surface area (TPSA) is 75.4 Å². The molecule has 156 valence electrons. The molecule has 3 rings (SSSR count). The van der Waals surface area contributed by atoms with Crippen molar-refractivity contribution < 1.29 is 22.8 Å². The number of nitrogens with one attached hydrogen (secondary N) is 1. The molecule has 5 nitrogen and oxygen atoms in total. The number of carbonyl (C=O) groups is 2. The number of nitrogens with zero attached hydrogens (tertiary/aromatic N) is 1. The average Bonchev–Trinajstić information content (AvgIpc) is 3.20. The second-order valence-corrected chi connectivity index (χ2v) is 7.38. The summed E-state index contributed by atoms with van der Waals surface area (Å²) in [5, 5.41) is 2.29. The molecule has 0 aliphatic heterocycles. The normalized spacial score (nSPS) is 25.9. The minimum absolute atomic E-state index is 0. The Kier molecular flexibility index (Phi) is 6.98. The van der Waals surface area contributed by atoms with Crippen LogP contribution in [0.15, 0.2) is 24.3 Å². The van der Waals surface area contributed by atoms with Crippen LogP contribution in [0, 0.1) is 17.8 Å². The van der Waals surface area contributed by atoms with E-state index in [-0.39, 0.29) is 48.4 Å². The summed E-state index contributed by atoms with van der Waals surface area (Å²) >= 11 is 0. The van der Waals surface area contributed by atoms with Crippen LogP contribution in [0.5, 0.6) is 0 Å². The summed E-state index contributed by atoms with van der Waals surface area (Å²) in [6.07, 6.45) is -1.62. The van der Waals surface area contributed by atoms with Crippen LogP contribution in [0.2, 0.25) is 0 Å². The summed E-state index contributed by atoms with van der Waals surface area (Å²) in [5.41, 5.74) is 4.98. The summed E-state index contributed by atoms with van der Waals surface area (Å²) in [6.45, 7) is 1.75. The number of nitrogens with two attached hydrogens (primary N) is 1. The maximum atomic E-state index is 13.1. The van der Waals surface area contributed by atoms with E-state index in [9.17, 15) is 22.8 Å². The maximum Gasteiger partial charge on any atom is 0.418 e. The summed E-state index contributed by atoms with van der Waals surface area (Å²) in [6, 6.07) is 4.59. The van der Waals surface area contributed by atoms with E-state index in [4.69, 9.17) is 5.73 Å². The summed E-state index contributed by atoms with van der Waals surface area (Å²) in [5.74, 6) is -0.509. The lowest BCUT2D eigenvalue weighted by atomic mass is 9.84. The number of fused-ring (bicyclic) bond motifs is 2. The van der Waals surface area contributed by atoms with Crippen LogP contribution in [0.4, 0.5) is 18.9 Å². The average molecular weight is 420 g/mol. The zero-order valence-electron chi connectivity index (χ0n) is 15.5. The lowest BCUT2D eigenvalue weighted by molar-refractivity contribution is -0.140. The molecule has 1 aromatic rings. The molecule has 0 saturated heterocycles. The fourth-order valence-corrected chi connectivity index (χ4v) is 4.46. The Bertz CT molecular complexity index is 727. The first kappa shape index (κ1) is 22.5. The molecular formula is C19H25ClF3N3O2.